The van der Waals surface area contributed by atoms with Gasteiger partial charge in [-0.1, -0.05) is 30.3 Å². The highest BCUT2D eigenvalue weighted by atomic mass is 127. The average molecular weight is 538 g/mol. The molecule has 2 aromatic rings. The monoisotopic (exact) mass is 538 g/mol. The van der Waals surface area contributed by atoms with E-state index in [4.69, 9.17) is 9.47 Å². The van der Waals surface area contributed by atoms with E-state index in [0.717, 1.165) is 56.5 Å². The summed E-state index contributed by atoms with van der Waals surface area (Å²) in [5, 5.41) is 6.88. The number of methoxy groups -OCH3 is 2. The molecule has 1 atom stereocenters. The number of fused-ring (bicyclic) bond motifs is 1. The van der Waals surface area contributed by atoms with E-state index in [1.165, 1.54) is 16.7 Å². The number of aliphatic imine (C=N–C) groups is 1. The number of benzene rings is 2. The number of hydrogen-bond donors (Lipinski definition) is 2. The third-order valence-corrected chi connectivity index (χ3v) is 5.73. The van der Waals surface area contributed by atoms with E-state index in [9.17, 15) is 0 Å². The number of guanidine groups is 1. The molecule has 2 aromatic carbocycles. The minimum atomic E-state index is 0. The molecule has 0 saturated heterocycles. The lowest BCUT2D eigenvalue weighted by atomic mass is 9.99. The van der Waals surface area contributed by atoms with Gasteiger partial charge in [-0.15, -0.1) is 24.0 Å². The van der Waals surface area contributed by atoms with E-state index in [0.29, 0.717) is 6.04 Å². The second kappa shape index (κ2) is 12.8. The molecule has 0 aromatic heterocycles. The number of hydrogen-bond acceptors (Lipinski definition) is 4. The largest absolute Gasteiger partial charge is 0.493 e. The lowest BCUT2D eigenvalue weighted by Crippen LogP contribution is -2.47. The summed E-state index contributed by atoms with van der Waals surface area (Å²) in [5.74, 6) is 2.34. The van der Waals surface area contributed by atoms with Crippen LogP contribution in [0.2, 0.25) is 0 Å². The van der Waals surface area contributed by atoms with Crippen molar-refractivity contribution in [2.45, 2.75) is 32.4 Å². The van der Waals surface area contributed by atoms with Crippen molar-refractivity contribution in [3.8, 4) is 11.5 Å². The van der Waals surface area contributed by atoms with Crippen molar-refractivity contribution in [1.82, 2.24) is 15.5 Å². The fraction of sp³-hybridized carbons (Fsp3) is 0.458. The smallest absolute Gasteiger partial charge is 0.191 e. The fourth-order valence-corrected chi connectivity index (χ4v) is 3.85. The highest BCUT2D eigenvalue weighted by Gasteiger charge is 2.20. The summed E-state index contributed by atoms with van der Waals surface area (Å²) in [4.78, 5) is 6.90. The molecule has 0 saturated carbocycles. The molecule has 1 unspecified atom stereocenters. The lowest BCUT2D eigenvalue weighted by Gasteiger charge is -2.34. The third kappa shape index (κ3) is 7.00. The zero-order chi connectivity index (χ0) is 21.3. The van der Waals surface area contributed by atoms with Gasteiger partial charge in [-0.2, -0.15) is 0 Å². The molecule has 1 aliphatic heterocycles. The predicted molar refractivity (Wildman–Crippen MR) is 138 cm³/mol. The topological polar surface area (TPSA) is 58.1 Å². The Kier molecular flexibility index (Phi) is 10.4. The summed E-state index contributed by atoms with van der Waals surface area (Å²) in [6.45, 7) is 6.05. The van der Waals surface area contributed by atoms with E-state index in [2.05, 4.69) is 57.8 Å². The van der Waals surface area contributed by atoms with Gasteiger partial charge in [0.05, 0.1) is 14.2 Å². The van der Waals surface area contributed by atoms with E-state index in [1.807, 2.05) is 19.2 Å². The molecule has 3 rings (SSSR count). The second-order valence-corrected chi connectivity index (χ2v) is 7.66. The first-order valence-electron chi connectivity index (χ1n) is 10.6. The normalized spacial score (nSPS) is 14.8. The molecule has 2 N–H and O–H groups in total. The van der Waals surface area contributed by atoms with Crippen LogP contribution in [-0.2, 0) is 19.4 Å². The Bertz CT molecular complexity index is 859. The highest BCUT2D eigenvalue weighted by molar-refractivity contribution is 14.0. The molecule has 0 bridgehead atoms. The Morgan fingerprint density at radius 2 is 1.81 bits per heavy atom. The third-order valence-electron chi connectivity index (χ3n) is 5.73. The summed E-state index contributed by atoms with van der Waals surface area (Å²) in [7, 11) is 5.12. The van der Waals surface area contributed by atoms with Gasteiger partial charge in [0.1, 0.15) is 0 Å². The van der Waals surface area contributed by atoms with Crippen LogP contribution in [0.1, 0.15) is 23.6 Å². The van der Waals surface area contributed by atoms with E-state index in [-0.39, 0.29) is 24.0 Å². The van der Waals surface area contributed by atoms with Crippen molar-refractivity contribution in [1.29, 1.82) is 0 Å². The zero-order valence-electron chi connectivity index (χ0n) is 19.0. The zero-order valence-corrected chi connectivity index (χ0v) is 21.3. The molecule has 6 nitrogen and oxygen atoms in total. The number of ether oxygens (including phenoxy) is 2. The number of nitrogens with zero attached hydrogens (tertiary/aromatic N) is 2. The minimum absolute atomic E-state index is 0. The van der Waals surface area contributed by atoms with Gasteiger partial charge in [-0.25, -0.2) is 0 Å². The molecule has 31 heavy (non-hydrogen) atoms. The van der Waals surface area contributed by atoms with Gasteiger partial charge in [0, 0.05) is 39.3 Å². The van der Waals surface area contributed by atoms with Gasteiger partial charge in [0.25, 0.3) is 0 Å². The number of rotatable bonds is 8. The Morgan fingerprint density at radius 1 is 1.06 bits per heavy atom. The summed E-state index contributed by atoms with van der Waals surface area (Å²) in [6.07, 6.45) is 2.00. The number of nitrogens with one attached hydrogen (secondary N) is 2. The summed E-state index contributed by atoms with van der Waals surface area (Å²) < 4.78 is 10.7. The van der Waals surface area contributed by atoms with Crippen molar-refractivity contribution in [2.24, 2.45) is 4.99 Å². The maximum absolute atomic E-state index is 5.38. The highest BCUT2D eigenvalue weighted by Crippen LogP contribution is 2.27. The predicted octanol–water partition coefficient (Wildman–Crippen LogP) is 3.48. The van der Waals surface area contributed by atoms with E-state index >= 15 is 0 Å². The summed E-state index contributed by atoms with van der Waals surface area (Å²) in [5.41, 5.74) is 4.13. The standard InChI is InChI=1S/C24H34N4O2.HI/c1-18(28-14-12-20-7-5-6-8-21(20)17-28)16-27-24(25-2)26-13-11-19-9-10-22(29-3)23(15-19)30-4;/h5-10,15,18H,11-14,16-17H2,1-4H3,(H2,25,26,27);1H. The van der Waals surface area contributed by atoms with Crippen LogP contribution in [0.5, 0.6) is 11.5 Å². The second-order valence-electron chi connectivity index (χ2n) is 7.66. The molecule has 0 spiro atoms. The maximum atomic E-state index is 5.38. The van der Waals surface area contributed by atoms with Gasteiger partial charge in [0.15, 0.2) is 17.5 Å². The van der Waals surface area contributed by atoms with Crippen LogP contribution in [0.4, 0.5) is 0 Å². The van der Waals surface area contributed by atoms with Crippen molar-refractivity contribution < 1.29 is 9.47 Å². The Hall–Kier alpha value is -2.00. The molecule has 1 aliphatic rings. The SMILES string of the molecule is CN=C(NCCc1ccc(OC)c(OC)c1)NCC(C)N1CCc2ccccc2C1.I. The maximum Gasteiger partial charge on any atom is 0.191 e. The first-order chi connectivity index (χ1) is 14.6. The van der Waals surface area contributed by atoms with Crippen molar-refractivity contribution in [3.63, 3.8) is 0 Å². The van der Waals surface area contributed by atoms with Crippen LogP contribution >= 0.6 is 24.0 Å². The van der Waals surface area contributed by atoms with Crippen LogP contribution in [0.3, 0.4) is 0 Å². The molecule has 170 valence electrons. The first-order valence-corrected chi connectivity index (χ1v) is 10.6. The quantitative estimate of drug-likeness (QED) is 0.306. The van der Waals surface area contributed by atoms with Gasteiger partial charge < -0.3 is 20.1 Å². The molecule has 0 fully saturated rings. The van der Waals surface area contributed by atoms with Crippen LogP contribution in [0, 0.1) is 0 Å². The minimum Gasteiger partial charge on any atom is -0.493 e. The Balaban J connectivity index is 0.00000341. The molecule has 7 heteroatoms. The van der Waals surface area contributed by atoms with Gasteiger partial charge in [-0.05, 0) is 48.6 Å². The average Bonchev–Trinajstić information content (AvgIpc) is 2.80. The number of halogens is 1. The van der Waals surface area contributed by atoms with Gasteiger partial charge in [0.2, 0.25) is 0 Å². The molecular formula is C24H35IN4O2. The first kappa shape index (κ1) is 25.3. The van der Waals surface area contributed by atoms with Crippen LogP contribution in [0.25, 0.3) is 0 Å². The van der Waals surface area contributed by atoms with Gasteiger partial charge >= 0.3 is 0 Å². The molecule has 0 radical (unpaired) electrons. The van der Waals surface area contributed by atoms with Crippen LogP contribution < -0.4 is 20.1 Å². The lowest BCUT2D eigenvalue weighted by molar-refractivity contribution is 0.191. The Labute approximate surface area is 203 Å². The summed E-state index contributed by atoms with van der Waals surface area (Å²) in [6, 6.07) is 15.2. The van der Waals surface area contributed by atoms with Crippen molar-refractivity contribution >= 4 is 29.9 Å². The van der Waals surface area contributed by atoms with E-state index < -0.39 is 0 Å². The Morgan fingerprint density at radius 3 is 2.52 bits per heavy atom. The molecule has 1 heterocycles. The van der Waals surface area contributed by atoms with Crippen molar-refractivity contribution in [2.75, 3.05) is 40.9 Å². The molecule has 0 amide bonds. The van der Waals surface area contributed by atoms with Crippen molar-refractivity contribution in [3.05, 3.63) is 59.2 Å². The van der Waals surface area contributed by atoms with Crippen LogP contribution in [0.15, 0.2) is 47.5 Å². The fourth-order valence-electron chi connectivity index (χ4n) is 3.85. The van der Waals surface area contributed by atoms with Gasteiger partial charge in [-0.3, -0.25) is 9.89 Å². The molecule has 0 aliphatic carbocycles. The molecular weight excluding hydrogens is 503 g/mol. The summed E-state index contributed by atoms with van der Waals surface area (Å²) >= 11 is 0. The van der Waals surface area contributed by atoms with Crippen LogP contribution in [-0.4, -0.2) is 57.8 Å². The van der Waals surface area contributed by atoms with E-state index in [1.54, 1.807) is 14.2 Å².